The van der Waals surface area contributed by atoms with E-state index in [1.807, 2.05) is 0 Å². The van der Waals surface area contributed by atoms with Crippen LogP contribution in [-0.2, 0) is 9.59 Å². The summed E-state index contributed by atoms with van der Waals surface area (Å²) in [5.74, 6) is -1.50. The van der Waals surface area contributed by atoms with Gasteiger partial charge in [0.1, 0.15) is 5.75 Å². The van der Waals surface area contributed by atoms with E-state index in [-0.39, 0.29) is 22.1 Å². The molecule has 0 fully saturated rings. The first-order valence-electron chi connectivity index (χ1n) is 9.94. The number of nitrogens with zero attached hydrogens (tertiary/aromatic N) is 1. The van der Waals surface area contributed by atoms with Crippen molar-refractivity contribution in [3.63, 3.8) is 0 Å². The quantitative estimate of drug-likeness (QED) is 0.159. The zero-order valence-electron chi connectivity index (χ0n) is 18.5. The fraction of sp³-hybridized carbons (Fsp3) is 0.0833. The molecule has 3 aromatic carbocycles. The Labute approximate surface area is 210 Å². The molecular weight excluding hydrogens is 497 g/mol. The molecule has 2 N–H and O–H groups in total. The number of rotatable bonds is 7. The van der Waals surface area contributed by atoms with Gasteiger partial charge in [0.05, 0.1) is 36.0 Å². The molecule has 0 aromatic heterocycles. The summed E-state index contributed by atoms with van der Waals surface area (Å²) in [4.78, 5) is 36.4. The van der Waals surface area contributed by atoms with Gasteiger partial charge < -0.3 is 19.5 Å². The van der Waals surface area contributed by atoms with E-state index in [2.05, 4.69) is 15.8 Å². The maximum atomic E-state index is 12.4. The van der Waals surface area contributed by atoms with Crippen LogP contribution >= 0.6 is 23.2 Å². The van der Waals surface area contributed by atoms with Gasteiger partial charge in [-0.05, 0) is 66.2 Å². The van der Waals surface area contributed by atoms with Crippen molar-refractivity contribution in [1.29, 1.82) is 0 Å². The van der Waals surface area contributed by atoms with Crippen LogP contribution in [0.1, 0.15) is 15.9 Å². The summed E-state index contributed by atoms with van der Waals surface area (Å²) >= 11 is 11.8. The molecule has 180 valence electrons. The number of hydrazone groups is 1. The molecule has 3 rings (SSSR count). The van der Waals surface area contributed by atoms with Gasteiger partial charge >= 0.3 is 17.8 Å². The van der Waals surface area contributed by atoms with Crippen LogP contribution in [0.15, 0.2) is 65.8 Å². The zero-order valence-corrected chi connectivity index (χ0v) is 20.0. The molecule has 3 aromatic rings. The summed E-state index contributed by atoms with van der Waals surface area (Å²) in [6, 6.07) is 15.4. The van der Waals surface area contributed by atoms with Crippen LogP contribution in [-0.4, -0.2) is 38.2 Å². The van der Waals surface area contributed by atoms with Crippen LogP contribution < -0.4 is 25.0 Å². The number of anilines is 1. The summed E-state index contributed by atoms with van der Waals surface area (Å²) in [6.07, 6.45) is 1.30. The van der Waals surface area contributed by atoms with Gasteiger partial charge in [-0.2, -0.15) is 5.10 Å². The molecule has 0 aliphatic heterocycles. The molecule has 0 atom stereocenters. The zero-order chi connectivity index (χ0) is 25.4. The number of hydrogen-bond donors (Lipinski definition) is 2. The maximum absolute atomic E-state index is 12.4. The van der Waals surface area contributed by atoms with Crippen LogP contribution in [0, 0.1) is 0 Å². The summed E-state index contributed by atoms with van der Waals surface area (Å²) < 4.78 is 15.7. The minimum absolute atomic E-state index is 0.156. The topological polar surface area (TPSA) is 115 Å². The third kappa shape index (κ3) is 6.95. The lowest BCUT2D eigenvalue weighted by Crippen LogP contribution is -2.32. The lowest BCUT2D eigenvalue weighted by atomic mass is 10.2. The number of nitrogens with one attached hydrogen (secondary N) is 2. The van der Waals surface area contributed by atoms with Gasteiger partial charge in [0.25, 0.3) is 0 Å². The Morgan fingerprint density at radius 1 is 0.829 bits per heavy atom. The largest absolute Gasteiger partial charge is 0.497 e. The second kappa shape index (κ2) is 11.9. The normalized spacial score (nSPS) is 10.5. The minimum atomic E-state index is -0.962. The first-order chi connectivity index (χ1) is 16.8. The predicted molar refractivity (Wildman–Crippen MR) is 132 cm³/mol. The average molecular weight is 516 g/mol. The van der Waals surface area contributed by atoms with Gasteiger partial charge in [0, 0.05) is 5.69 Å². The molecule has 0 aliphatic carbocycles. The molecule has 2 amide bonds. The molecule has 0 unspecified atom stereocenters. The van der Waals surface area contributed by atoms with E-state index in [1.165, 1.54) is 50.8 Å². The smallest absolute Gasteiger partial charge is 0.343 e. The van der Waals surface area contributed by atoms with E-state index in [0.29, 0.717) is 22.0 Å². The Balaban J connectivity index is 1.60. The maximum Gasteiger partial charge on any atom is 0.343 e. The van der Waals surface area contributed by atoms with Crippen molar-refractivity contribution in [3.05, 3.63) is 81.8 Å². The highest BCUT2D eigenvalue weighted by atomic mass is 35.5. The molecule has 0 saturated heterocycles. The molecule has 0 radical (unpaired) electrons. The van der Waals surface area contributed by atoms with Gasteiger partial charge in [0.15, 0.2) is 11.5 Å². The van der Waals surface area contributed by atoms with Crippen molar-refractivity contribution in [3.8, 4) is 17.2 Å². The molecule has 35 heavy (non-hydrogen) atoms. The monoisotopic (exact) mass is 515 g/mol. The van der Waals surface area contributed by atoms with E-state index in [0.717, 1.165) is 0 Å². The highest BCUT2D eigenvalue weighted by molar-refractivity contribution is 6.42. The average Bonchev–Trinajstić information content (AvgIpc) is 2.86. The third-order valence-electron chi connectivity index (χ3n) is 4.48. The second-order valence-electron chi connectivity index (χ2n) is 6.81. The van der Waals surface area contributed by atoms with Crippen LogP contribution in [0.3, 0.4) is 0 Å². The Bertz CT molecular complexity index is 1280. The summed E-state index contributed by atoms with van der Waals surface area (Å²) in [5.41, 5.74) is 3.27. The number of halogens is 2. The number of methoxy groups -OCH3 is 2. The SMILES string of the molecule is COc1ccc(NC(=O)C(=O)NN=Cc2ccc(OC(=O)c3ccc(Cl)c(Cl)c3)c(OC)c2)cc1. The standard InChI is InChI=1S/C24H19Cl2N3O6/c1-33-17-7-5-16(6-8-17)28-22(30)23(31)29-27-13-14-3-10-20(21(11-14)34-2)35-24(32)15-4-9-18(25)19(26)12-15/h3-13H,1-2H3,(H,28,30)(H,29,31). The number of hydrogen-bond acceptors (Lipinski definition) is 7. The van der Waals surface area contributed by atoms with Crippen LogP contribution in [0.25, 0.3) is 0 Å². The molecule has 0 aliphatic rings. The highest BCUT2D eigenvalue weighted by Gasteiger charge is 2.15. The molecule has 11 heteroatoms. The lowest BCUT2D eigenvalue weighted by molar-refractivity contribution is -0.136. The van der Waals surface area contributed by atoms with Crippen molar-refractivity contribution >= 4 is 52.9 Å². The molecule has 0 spiro atoms. The Hall–Kier alpha value is -4.08. The van der Waals surface area contributed by atoms with Gasteiger partial charge in [-0.3, -0.25) is 9.59 Å². The fourth-order valence-electron chi connectivity index (χ4n) is 2.71. The number of esters is 1. The van der Waals surface area contributed by atoms with Crippen molar-refractivity contribution in [2.45, 2.75) is 0 Å². The Kier molecular flexibility index (Phi) is 8.66. The molecule has 0 heterocycles. The van der Waals surface area contributed by atoms with E-state index in [1.54, 1.807) is 30.3 Å². The van der Waals surface area contributed by atoms with Crippen molar-refractivity contribution in [2.24, 2.45) is 5.10 Å². The van der Waals surface area contributed by atoms with Crippen LogP contribution in [0.2, 0.25) is 10.0 Å². The number of benzene rings is 3. The number of amides is 2. The van der Waals surface area contributed by atoms with Crippen molar-refractivity contribution in [1.82, 2.24) is 5.43 Å². The second-order valence-corrected chi connectivity index (χ2v) is 7.62. The first kappa shape index (κ1) is 25.5. The number of carbonyl (C=O) groups excluding carboxylic acids is 3. The summed E-state index contributed by atoms with van der Waals surface area (Å²) in [5, 5.41) is 6.74. The summed E-state index contributed by atoms with van der Waals surface area (Å²) in [6.45, 7) is 0. The fourth-order valence-corrected chi connectivity index (χ4v) is 3.01. The lowest BCUT2D eigenvalue weighted by Gasteiger charge is -2.10. The van der Waals surface area contributed by atoms with Crippen LogP contribution in [0.4, 0.5) is 5.69 Å². The number of carbonyl (C=O) groups is 3. The number of ether oxygens (including phenoxy) is 3. The Morgan fingerprint density at radius 3 is 2.23 bits per heavy atom. The van der Waals surface area contributed by atoms with Crippen molar-refractivity contribution in [2.75, 3.05) is 19.5 Å². The Morgan fingerprint density at radius 2 is 1.57 bits per heavy atom. The van der Waals surface area contributed by atoms with Gasteiger partial charge in [-0.15, -0.1) is 0 Å². The van der Waals surface area contributed by atoms with E-state index in [4.69, 9.17) is 37.4 Å². The third-order valence-corrected chi connectivity index (χ3v) is 5.22. The van der Waals surface area contributed by atoms with Crippen molar-refractivity contribution < 1.29 is 28.6 Å². The highest BCUT2D eigenvalue weighted by Crippen LogP contribution is 2.29. The summed E-state index contributed by atoms with van der Waals surface area (Å²) in [7, 11) is 2.92. The first-order valence-corrected chi connectivity index (χ1v) is 10.7. The molecule has 9 nitrogen and oxygen atoms in total. The van der Waals surface area contributed by atoms with E-state index in [9.17, 15) is 14.4 Å². The molecule has 0 bridgehead atoms. The van der Waals surface area contributed by atoms with Gasteiger partial charge in [0.2, 0.25) is 0 Å². The molecule has 0 saturated carbocycles. The van der Waals surface area contributed by atoms with E-state index >= 15 is 0 Å². The minimum Gasteiger partial charge on any atom is -0.497 e. The molecular formula is C24H19Cl2N3O6. The van der Waals surface area contributed by atoms with Gasteiger partial charge in [-0.1, -0.05) is 23.2 Å². The predicted octanol–water partition coefficient (Wildman–Crippen LogP) is 4.32. The van der Waals surface area contributed by atoms with Gasteiger partial charge in [-0.25, -0.2) is 10.2 Å². The van der Waals surface area contributed by atoms with E-state index < -0.39 is 17.8 Å². The van der Waals surface area contributed by atoms with Crippen LogP contribution in [0.5, 0.6) is 17.2 Å².